The molecule has 0 unspecified atom stereocenters. The highest BCUT2D eigenvalue weighted by molar-refractivity contribution is 7.15. The number of carbonyl (C=O) groups excluding carboxylic acids is 1. The number of hydrogen-bond donors (Lipinski definition) is 2. The lowest BCUT2D eigenvalue weighted by molar-refractivity contribution is 0.0702. The van der Waals surface area contributed by atoms with Crippen LogP contribution in [-0.4, -0.2) is 23.5 Å². The van der Waals surface area contributed by atoms with Gasteiger partial charge in [0, 0.05) is 12.6 Å². The summed E-state index contributed by atoms with van der Waals surface area (Å²) in [5, 5.41) is 11.3. The first-order valence-corrected chi connectivity index (χ1v) is 6.83. The molecule has 21 heavy (non-hydrogen) atoms. The van der Waals surface area contributed by atoms with Crippen molar-refractivity contribution < 1.29 is 23.5 Å². The number of rotatable bonds is 5. The van der Waals surface area contributed by atoms with E-state index in [-0.39, 0.29) is 22.7 Å². The van der Waals surface area contributed by atoms with Gasteiger partial charge in [0.1, 0.15) is 16.5 Å². The van der Waals surface area contributed by atoms with Gasteiger partial charge < -0.3 is 10.4 Å². The minimum Gasteiger partial charge on any atom is -0.477 e. The van der Waals surface area contributed by atoms with E-state index in [2.05, 4.69) is 5.32 Å². The van der Waals surface area contributed by atoms with Crippen LogP contribution >= 0.6 is 11.3 Å². The number of halogens is 2. The van der Waals surface area contributed by atoms with E-state index in [4.69, 9.17) is 5.11 Å². The van der Waals surface area contributed by atoms with E-state index in [1.54, 1.807) is 0 Å². The molecule has 7 heteroatoms. The number of carboxylic acids is 1. The molecule has 1 aromatic carbocycles. The lowest BCUT2D eigenvalue weighted by Gasteiger charge is -2.04. The Bertz CT molecular complexity index is 664. The number of carboxylic acid groups (broad SMARTS) is 1. The Labute approximate surface area is 123 Å². The highest BCUT2D eigenvalue weighted by Crippen LogP contribution is 2.16. The maximum absolute atomic E-state index is 13.0. The van der Waals surface area contributed by atoms with Gasteiger partial charge in [0.05, 0.1) is 4.88 Å². The molecule has 0 saturated heterocycles. The second-order valence-electron chi connectivity index (χ2n) is 4.25. The van der Waals surface area contributed by atoms with Crippen molar-refractivity contribution in [3.05, 3.63) is 57.3 Å². The van der Waals surface area contributed by atoms with E-state index in [0.717, 1.165) is 17.4 Å². The third-order valence-corrected chi connectivity index (χ3v) is 3.73. The van der Waals surface area contributed by atoms with Crippen LogP contribution in [0.25, 0.3) is 0 Å². The van der Waals surface area contributed by atoms with Gasteiger partial charge in [-0.05, 0) is 36.2 Å². The Hall–Kier alpha value is -2.28. The number of thiophene rings is 1. The summed E-state index contributed by atoms with van der Waals surface area (Å²) in [6, 6.07) is 5.95. The van der Waals surface area contributed by atoms with Crippen molar-refractivity contribution in [1.82, 2.24) is 5.32 Å². The fourth-order valence-corrected chi connectivity index (χ4v) is 2.50. The van der Waals surface area contributed by atoms with Gasteiger partial charge in [-0.2, -0.15) is 0 Å². The van der Waals surface area contributed by atoms with E-state index in [1.807, 2.05) is 0 Å². The van der Waals surface area contributed by atoms with Crippen LogP contribution in [-0.2, 0) is 6.42 Å². The maximum atomic E-state index is 13.0. The molecular formula is C14H11F2NO3S. The van der Waals surface area contributed by atoms with Gasteiger partial charge in [-0.15, -0.1) is 11.3 Å². The molecule has 1 aromatic heterocycles. The van der Waals surface area contributed by atoms with Crippen LogP contribution in [0, 0.1) is 11.6 Å². The number of amides is 1. The first kappa shape index (κ1) is 15.1. The molecule has 0 spiro atoms. The maximum Gasteiger partial charge on any atom is 0.345 e. The van der Waals surface area contributed by atoms with Crippen LogP contribution in [0.15, 0.2) is 30.3 Å². The zero-order valence-electron chi connectivity index (χ0n) is 10.7. The molecule has 1 heterocycles. The number of carbonyl (C=O) groups is 2. The van der Waals surface area contributed by atoms with Crippen LogP contribution < -0.4 is 5.32 Å². The molecule has 110 valence electrons. The zero-order valence-corrected chi connectivity index (χ0v) is 11.5. The predicted molar refractivity (Wildman–Crippen MR) is 73.7 cm³/mol. The van der Waals surface area contributed by atoms with Crippen LogP contribution in [0.2, 0.25) is 0 Å². The summed E-state index contributed by atoms with van der Waals surface area (Å²) >= 11 is 0.869. The van der Waals surface area contributed by atoms with Gasteiger partial charge in [0.15, 0.2) is 0 Å². The Morgan fingerprint density at radius 2 is 1.71 bits per heavy atom. The first-order chi connectivity index (χ1) is 9.95. The smallest absolute Gasteiger partial charge is 0.345 e. The van der Waals surface area contributed by atoms with Gasteiger partial charge in [0.2, 0.25) is 0 Å². The molecule has 0 aliphatic heterocycles. The van der Waals surface area contributed by atoms with Crippen molar-refractivity contribution in [1.29, 1.82) is 0 Å². The monoisotopic (exact) mass is 311 g/mol. The summed E-state index contributed by atoms with van der Waals surface area (Å²) in [7, 11) is 0. The van der Waals surface area contributed by atoms with E-state index in [9.17, 15) is 18.4 Å². The summed E-state index contributed by atoms with van der Waals surface area (Å²) < 4.78 is 26.0. The van der Waals surface area contributed by atoms with E-state index in [1.165, 1.54) is 24.3 Å². The standard InChI is InChI=1S/C14H11F2NO3S/c15-9-5-8(6-10(16)7-9)3-4-17-13(18)11-1-2-12(21-11)14(19)20/h1-2,5-7H,3-4H2,(H,17,18)(H,19,20). The zero-order chi connectivity index (χ0) is 15.4. The average molecular weight is 311 g/mol. The Morgan fingerprint density at radius 1 is 1.10 bits per heavy atom. The summed E-state index contributed by atoms with van der Waals surface area (Å²) in [6.07, 6.45) is 0.275. The second-order valence-corrected chi connectivity index (χ2v) is 5.34. The van der Waals surface area contributed by atoms with Gasteiger partial charge >= 0.3 is 5.97 Å². The minimum absolute atomic E-state index is 0.0763. The van der Waals surface area contributed by atoms with E-state index < -0.39 is 23.5 Å². The lowest BCUT2D eigenvalue weighted by atomic mass is 10.1. The van der Waals surface area contributed by atoms with Crippen molar-refractivity contribution in [2.24, 2.45) is 0 Å². The number of benzene rings is 1. The molecular weight excluding hydrogens is 300 g/mol. The molecule has 0 radical (unpaired) electrons. The first-order valence-electron chi connectivity index (χ1n) is 6.02. The SMILES string of the molecule is O=C(O)c1ccc(C(=O)NCCc2cc(F)cc(F)c2)s1. The van der Waals surface area contributed by atoms with Crippen LogP contribution in [0.5, 0.6) is 0 Å². The third-order valence-electron chi connectivity index (χ3n) is 2.66. The molecule has 4 nitrogen and oxygen atoms in total. The molecule has 1 amide bonds. The Balaban J connectivity index is 1.90. The molecule has 0 aliphatic rings. The summed E-state index contributed by atoms with van der Waals surface area (Å²) in [4.78, 5) is 22.8. The molecule has 0 atom stereocenters. The van der Waals surface area contributed by atoms with Crippen LogP contribution in [0.4, 0.5) is 8.78 Å². The fraction of sp³-hybridized carbons (Fsp3) is 0.143. The largest absolute Gasteiger partial charge is 0.477 e. The molecule has 2 N–H and O–H groups in total. The summed E-state index contributed by atoms with van der Waals surface area (Å²) in [5.41, 5.74) is 0.435. The summed E-state index contributed by atoms with van der Waals surface area (Å²) in [5.74, 6) is -2.83. The van der Waals surface area contributed by atoms with Gasteiger partial charge in [-0.3, -0.25) is 4.79 Å². The van der Waals surface area contributed by atoms with E-state index >= 15 is 0 Å². The van der Waals surface area contributed by atoms with Crippen LogP contribution in [0.1, 0.15) is 24.9 Å². The number of aromatic carboxylic acids is 1. The van der Waals surface area contributed by atoms with Crippen molar-refractivity contribution >= 4 is 23.2 Å². The van der Waals surface area contributed by atoms with Gasteiger partial charge in [0.25, 0.3) is 5.91 Å². The molecule has 0 saturated carbocycles. The predicted octanol–water partition coefficient (Wildman–Crippen LogP) is 2.70. The highest BCUT2D eigenvalue weighted by Gasteiger charge is 2.12. The molecule has 0 bridgehead atoms. The minimum atomic E-state index is -1.09. The summed E-state index contributed by atoms with van der Waals surface area (Å²) in [6.45, 7) is 0.196. The van der Waals surface area contributed by atoms with Gasteiger partial charge in [-0.1, -0.05) is 0 Å². The topological polar surface area (TPSA) is 66.4 Å². The molecule has 2 aromatic rings. The van der Waals surface area contributed by atoms with Crippen molar-refractivity contribution in [3.63, 3.8) is 0 Å². The fourth-order valence-electron chi connectivity index (χ4n) is 1.74. The van der Waals surface area contributed by atoms with Crippen molar-refractivity contribution in [2.45, 2.75) is 6.42 Å². The molecule has 0 aliphatic carbocycles. The van der Waals surface area contributed by atoms with E-state index in [0.29, 0.717) is 5.56 Å². The van der Waals surface area contributed by atoms with Crippen molar-refractivity contribution in [2.75, 3.05) is 6.54 Å². The van der Waals surface area contributed by atoms with Crippen LogP contribution in [0.3, 0.4) is 0 Å². The van der Waals surface area contributed by atoms with Crippen molar-refractivity contribution in [3.8, 4) is 0 Å². The highest BCUT2D eigenvalue weighted by atomic mass is 32.1. The Kier molecular flexibility index (Phi) is 4.64. The Morgan fingerprint density at radius 3 is 2.29 bits per heavy atom. The second kappa shape index (κ2) is 6.45. The normalized spacial score (nSPS) is 10.4. The average Bonchev–Trinajstić information content (AvgIpc) is 2.87. The van der Waals surface area contributed by atoms with Gasteiger partial charge in [-0.25, -0.2) is 13.6 Å². The number of nitrogens with one attached hydrogen (secondary N) is 1. The lowest BCUT2D eigenvalue weighted by Crippen LogP contribution is -2.24. The molecule has 2 rings (SSSR count). The molecule has 0 fully saturated rings. The number of hydrogen-bond acceptors (Lipinski definition) is 3. The third kappa shape index (κ3) is 4.09. The quantitative estimate of drug-likeness (QED) is 0.892.